The molecule has 0 amide bonds. The van der Waals surface area contributed by atoms with Gasteiger partial charge in [0.1, 0.15) is 0 Å². The molecule has 0 saturated heterocycles. The molecule has 1 saturated carbocycles. The van der Waals surface area contributed by atoms with E-state index in [1.807, 2.05) is 13.8 Å². The predicted molar refractivity (Wildman–Crippen MR) is 86.7 cm³/mol. The lowest BCUT2D eigenvalue weighted by Gasteiger charge is -2.42. The number of hydrogen-bond acceptors (Lipinski definition) is 3. The van der Waals surface area contributed by atoms with Crippen LogP contribution in [0.15, 0.2) is 0 Å². The van der Waals surface area contributed by atoms with E-state index in [1.54, 1.807) is 0 Å². The first-order chi connectivity index (χ1) is 9.10. The van der Waals surface area contributed by atoms with Crippen LogP contribution in [0, 0.1) is 11.3 Å². The summed E-state index contributed by atoms with van der Waals surface area (Å²) in [7, 11) is -3.04. The predicted octanol–water partition coefficient (Wildman–Crippen LogP) is 3.39. The standard InChI is InChI=1S/C16H33NO2S/c1-7-10-17-14-9-8-13(16(4,5)6)11-15(14)20(18,19)12(2)3/h12-15,17H,7-11H2,1-6H3. The second-order valence-corrected chi connectivity index (χ2v) is 10.3. The minimum absolute atomic E-state index is 0.140. The van der Waals surface area contributed by atoms with Crippen LogP contribution in [-0.2, 0) is 9.84 Å². The van der Waals surface area contributed by atoms with E-state index in [4.69, 9.17) is 0 Å². The highest BCUT2D eigenvalue weighted by Gasteiger charge is 2.42. The van der Waals surface area contributed by atoms with E-state index in [0.29, 0.717) is 5.92 Å². The van der Waals surface area contributed by atoms with Crippen LogP contribution in [0.4, 0.5) is 0 Å². The molecule has 0 heterocycles. The van der Waals surface area contributed by atoms with Gasteiger partial charge in [0.15, 0.2) is 9.84 Å². The van der Waals surface area contributed by atoms with Crippen LogP contribution in [0.2, 0.25) is 0 Å². The van der Waals surface area contributed by atoms with Gasteiger partial charge < -0.3 is 5.32 Å². The molecule has 0 aromatic carbocycles. The van der Waals surface area contributed by atoms with Crippen LogP contribution >= 0.6 is 0 Å². The summed E-state index contributed by atoms with van der Waals surface area (Å²) in [5.41, 5.74) is 0.195. The number of hydrogen-bond donors (Lipinski definition) is 1. The zero-order valence-electron chi connectivity index (χ0n) is 14.1. The van der Waals surface area contributed by atoms with Crippen molar-refractivity contribution in [2.24, 2.45) is 11.3 Å². The van der Waals surface area contributed by atoms with Gasteiger partial charge in [-0.15, -0.1) is 0 Å². The molecule has 1 N–H and O–H groups in total. The Balaban J connectivity index is 2.95. The molecule has 0 bridgehead atoms. The summed E-state index contributed by atoms with van der Waals surface area (Å²) in [4.78, 5) is 0. The summed E-state index contributed by atoms with van der Waals surface area (Å²) in [6.07, 6.45) is 3.98. The first-order valence-corrected chi connectivity index (χ1v) is 9.67. The number of nitrogens with one attached hydrogen (secondary N) is 1. The lowest BCUT2D eigenvalue weighted by atomic mass is 9.71. The molecule has 0 aliphatic heterocycles. The third-order valence-electron chi connectivity index (χ3n) is 4.75. The molecule has 3 unspecified atom stereocenters. The van der Waals surface area contributed by atoms with Crippen LogP contribution in [0.25, 0.3) is 0 Å². The summed E-state index contributed by atoms with van der Waals surface area (Å²) in [6, 6.07) is 0.140. The quantitative estimate of drug-likeness (QED) is 0.847. The van der Waals surface area contributed by atoms with Crippen LogP contribution < -0.4 is 5.32 Å². The molecule has 1 aliphatic carbocycles. The third-order valence-corrected chi connectivity index (χ3v) is 7.43. The lowest BCUT2D eigenvalue weighted by molar-refractivity contribution is 0.162. The van der Waals surface area contributed by atoms with Gasteiger partial charge in [0.05, 0.1) is 10.5 Å². The minimum atomic E-state index is -3.04. The van der Waals surface area contributed by atoms with Crippen LogP contribution in [0.5, 0.6) is 0 Å². The van der Waals surface area contributed by atoms with Gasteiger partial charge in [-0.05, 0) is 57.4 Å². The van der Waals surface area contributed by atoms with Crippen molar-refractivity contribution >= 4 is 9.84 Å². The van der Waals surface area contributed by atoms with Crippen molar-refractivity contribution in [1.29, 1.82) is 0 Å². The maximum absolute atomic E-state index is 12.7. The van der Waals surface area contributed by atoms with Crippen molar-refractivity contribution in [1.82, 2.24) is 5.32 Å². The summed E-state index contributed by atoms with van der Waals surface area (Å²) in [5.74, 6) is 0.501. The van der Waals surface area contributed by atoms with Gasteiger partial charge in [-0.2, -0.15) is 0 Å². The Hall–Kier alpha value is -0.0900. The van der Waals surface area contributed by atoms with Crippen LogP contribution in [0.3, 0.4) is 0 Å². The van der Waals surface area contributed by atoms with E-state index in [9.17, 15) is 8.42 Å². The Morgan fingerprint density at radius 3 is 2.25 bits per heavy atom. The molecule has 0 radical (unpaired) electrons. The fourth-order valence-corrected chi connectivity index (χ4v) is 5.08. The first kappa shape index (κ1) is 18.0. The van der Waals surface area contributed by atoms with E-state index in [2.05, 4.69) is 33.0 Å². The van der Waals surface area contributed by atoms with Gasteiger partial charge >= 0.3 is 0 Å². The second-order valence-electron chi connectivity index (χ2n) is 7.61. The Morgan fingerprint density at radius 1 is 1.20 bits per heavy atom. The second kappa shape index (κ2) is 6.78. The van der Waals surface area contributed by atoms with Crippen molar-refractivity contribution < 1.29 is 8.42 Å². The Bertz CT molecular complexity index is 395. The topological polar surface area (TPSA) is 46.2 Å². The Labute approximate surface area is 125 Å². The normalized spacial score (nSPS) is 28.9. The summed E-state index contributed by atoms with van der Waals surface area (Å²) in [5, 5.41) is 2.98. The molecule has 120 valence electrons. The Morgan fingerprint density at radius 2 is 1.80 bits per heavy atom. The number of rotatable bonds is 5. The highest BCUT2D eigenvalue weighted by molar-refractivity contribution is 7.92. The maximum atomic E-state index is 12.7. The first-order valence-electron chi connectivity index (χ1n) is 8.06. The van der Waals surface area contributed by atoms with Crippen molar-refractivity contribution in [3.05, 3.63) is 0 Å². The summed E-state index contributed by atoms with van der Waals surface area (Å²) in [6.45, 7) is 13.4. The van der Waals surface area contributed by atoms with E-state index in [1.165, 1.54) is 0 Å². The van der Waals surface area contributed by atoms with Crippen molar-refractivity contribution in [3.8, 4) is 0 Å². The van der Waals surface area contributed by atoms with Crippen molar-refractivity contribution in [2.75, 3.05) is 6.54 Å². The van der Waals surface area contributed by atoms with E-state index in [0.717, 1.165) is 32.2 Å². The molecule has 1 fully saturated rings. The molecule has 4 heteroatoms. The minimum Gasteiger partial charge on any atom is -0.313 e. The highest BCUT2D eigenvalue weighted by Crippen LogP contribution is 2.40. The van der Waals surface area contributed by atoms with Gasteiger partial charge in [-0.3, -0.25) is 0 Å². The molecule has 20 heavy (non-hydrogen) atoms. The van der Waals surface area contributed by atoms with Gasteiger partial charge in [-0.1, -0.05) is 27.7 Å². The van der Waals surface area contributed by atoms with Gasteiger partial charge in [0, 0.05) is 6.04 Å². The molecule has 0 aromatic heterocycles. The molecule has 3 atom stereocenters. The van der Waals surface area contributed by atoms with Crippen molar-refractivity contribution in [2.45, 2.75) is 83.8 Å². The van der Waals surface area contributed by atoms with E-state index in [-0.39, 0.29) is 22.0 Å². The molecular formula is C16H33NO2S. The summed E-state index contributed by atoms with van der Waals surface area (Å²) < 4.78 is 25.4. The molecule has 0 spiro atoms. The zero-order valence-corrected chi connectivity index (χ0v) is 14.9. The average molecular weight is 304 g/mol. The highest BCUT2D eigenvalue weighted by atomic mass is 32.2. The molecule has 3 nitrogen and oxygen atoms in total. The van der Waals surface area contributed by atoms with Gasteiger partial charge in [0.25, 0.3) is 0 Å². The zero-order chi connectivity index (χ0) is 15.6. The largest absolute Gasteiger partial charge is 0.313 e. The smallest absolute Gasteiger partial charge is 0.157 e. The molecule has 1 rings (SSSR count). The number of sulfone groups is 1. The fourth-order valence-electron chi connectivity index (χ4n) is 3.19. The summed E-state index contributed by atoms with van der Waals surface area (Å²) >= 11 is 0. The van der Waals surface area contributed by atoms with Crippen LogP contribution in [-0.4, -0.2) is 31.5 Å². The third kappa shape index (κ3) is 4.20. The molecule has 1 aliphatic rings. The van der Waals surface area contributed by atoms with Gasteiger partial charge in [-0.25, -0.2) is 8.42 Å². The maximum Gasteiger partial charge on any atom is 0.157 e. The monoisotopic (exact) mass is 303 g/mol. The average Bonchev–Trinajstić information content (AvgIpc) is 2.34. The molecular weight excluding hydrogens is 270 g/mol. The van der Waals surface area contributed by atoms with Crippen molar-refractivity contribution in [3.63, 3.8) is 0 Å². The SMILES string of the molecule is CCCNC1CCC(C(C)(C)C)CC1S(=O)(=O)C(C)C. The van der Waals surface area contributed by atoms with Crippen LogP contribution in [0.1, 0.15) is 67.2 Å². The van der Waals surface area contributed by atoms with E-state index >= 15 is 0 Å². The molecule has 0 aromatic rings. The Kier molecular flexibility index (Phi) is 6.09. The van der Waals surface area contributed by atoms with Gasteiger partial charge in [0.2, 0.25) is 0 Å². The van der Waals surface area contributed by atoms with E-state index < -0.39 is 9.84 Å². The lowest BCUT2D eigenvalue weighted by Crippen LogP contribution is -2.51. The fraction of sp³-hybridized carbons (Fsp3) is 1.00.